The number of rotatable bonds is 5. The molecule has 0 aliphatic rings. The minimum Gasteiger partial charge on any atom is -0.508 e. The van der Waals surface area contributed by atoms with Crippen molar-refractivity contribution in [3.05, 3.63) is 94.5 Å². The Morgan fingerprint density at radius 2 is 0.971 bits per heavy atom. The van der Waals surface area contributed by atoms with E-state index in [4.69, 9.17) is 4.74 Å². The van der Waals surface area contributed by atoms with Crippen LogP contribution in [-0.4, -0.2) is 15.3 Å². The SMILES string of the molecule is Cc1c(O)cccc1Oc1ccccc1N(c1ccc(O)c(C)c1C)c1ccc(O)c(C)c1C. The van der Waals surface area contributed by atoms with Crippen LogP contribution in [0.2, 0.25) is 0 Å². The number of aromatic hydroxyl groups is 3. The van der Waals surface area contributed by atoms with Crippen molar-refractivity contribution in [1.29, 1.82) is 0 Å². The van der Waals surface area contributed by atoms with E-state index in [9.17, 15) is 15.3 Å². The molecular formula is C29H29NO4. The molecule has 3 N–H and O–H groups in total. The number of hydrogen-bond acceptors (Lipinski definition) is 5. The fourth-order valence-corrected chi connectivity index (χ4v) is 4.02. The summed E-state index contributed by atoms with van der Waals surface area (Å²) < 4.78 is 6.33. The van der Waals surface area contributed by atoms with E-state index in [1.165, 1.54) is 0 Å². The van der Waals surface area contributed by atoms with Crippen LogP contribution in [0.25, 0.3) is 0 Å². The minimum absolute atomic E-state index is 0.168. The van der Waals surface area contributed by atoms with E-state index >= 15 is 0 Å². The molecule has 0 aliphatic carbocycles. The van der Waals surface area contributed by atoms with Gasteiger partial charge in [-0.25, -0.2) is 0 Å². The van der Waals surface area contributed by atoms with Gasteiger partial charge in [0.1, 0.15) is 23.0 Å². The molecule has 174 valence electrons. The fourth-order valence-electron chi connectivity index (χ4n) is 4.02. The lowest BCUT2D eigenvalue weighted by Gasteiger charge is -2.31. The van der Waals surface area contributed by atoms with Gasteiger partial charge >= 0.3 is 0 Å². The van der Waals surface area contributed by atoms with Crippen LogP contribution in [0.15, 0.2) is 66.7 Å². The number of para-hydroxylation sites is 2. The molecule has 0 spiro atoms. The summed E-state index contributed by atoms with van der Waals surface area (Å²) in [6.07, 6.45) is 0. The first-order valence-electron chi connectivity index (χ1n) is 11.1. The second-order valence-corrected chi connectivity index (χ2v) is 8.51. The molecule has 0 unspecified atom stereocenters. The zero-order chi connectivity index (χ0) is 24.6. The van der Waals surface area contributed by atoms with Crippen molar-refractivity contribution in [3.8, 4) is 28.7 Å². The maximum atomic E-state index is 10.3. The summed E-state index contributed by atoms with van der Waals surface area (Å²) in [7, 11) is 0. The van der Waals surface area contributed by atoms with Crippen molar-refractivity contribution in [2.75, 3.05) is 4.90 Å². The van der Waals surface area contributed by atoms with Crippen LogP contribution >= 0.6 is 0 Å². The Morgan fingerprint density at radius 1 is 0.471 bits per heavy atom. The summed E-state index contributed by atoms with van der Waals surface area (Å²) in [5.41, 5.74) is 6.63. The second kappa shape index (κ2) is 9.02. The van der Waals surface area contributed by atoms with Crippen molar-refractivity contribution in [3.63, 3.8) is 0 Å². The van der Waals surface area contributed by atoms with Gasteiger partial charge in [-0.3, -0.25) is 0 Å². The number of phenolic OH excluding ortho intramolecular Hbond substituents is 3. The highest BCUT2D eigenvalue weighted by atomic mass is 16.5. The van der Waals surface area contributed by atoms with E-state index in [1.54, 1.807) is 24.3 Å². The van der Waals surface area contributed by atoms with Crippen LogP contribution in [0.3, 0.4) is 0 Å². The predicted molar refractivity (Wildman–Crippen MR) is 136 cm³/mol. The fraction of sp³-hybridized carbons (Fsp3) is 0.172. The van der Waals surface area contributed by atoms with Gasteiger partial charge in [-0.1, -0.05) is 18.2 Å². The summed E-state index contributed by atoms with van der Waals surface area (Å²) in [6.45, 7) is 9.54. The van der Waals surface area contributed by atoms with Crippen molar-refractivity contribution in [1.82, 2.24) is 0 Å². The van der Waals surface area contributed by atoms with Gasteiger partial charge in [0.15, 0.2) is 5.75 Å². The first-order valence-corrected chi connectivity index (χ1v) is 11.1. The van der Waals surface area contributed by atoms with Gasteiger partial charge in [0.25, 0.3) is 0 Å². The molecule has 0 aromatic heterocycles. The van der Waals surface area contributed by atoms with Crippen LogP contribution in [-0.2, 0) is 0 Å². The van der Waals surface area contributed by atoms with Gasteiger partial charge in [0.05, 0.1) is 5.69 Å². The van der Waals surface area contributed by atoms with E-state index in [1.807, 2.05) is 77.1 Å². The third-order valence-electron chi connectivity index (χ3n) is 6.52. The average Bonchev–Trinajstić information content (AvgIpc) is 2.82. The molecule has 34 heavy (non-hydrogen) atoms. The van der Waals surface area contributed by atoms with Gasteiger partial charge in [0, 0.05) is 16.9 Å². The van der Waals surface area contributed by atoms with Gasteiger partial charge in [0.2, 0.25) is 0 Å². The van der Waals surface area contributed by atoms with Crippen molar-refractivity contribution in [2.24, 2.45) is 0 Å². The van der Waals surface area contributed by atoms with Gasteiger partial charge in [-0.15, -0.1) is 0 Å². The molecule has 4 aromatic rings. The van der Waals surface area contributed by atoms with E-state index in [-0.39, 0.29) is 17.2 Å². The van der Waals surface area contributed by atoms with Gasteiger partial charge in [-0.05, 0) is 105 Å². The van der Waals surface area contributed by atoms with Crippen molar-refractivity contribution in [2.45, 2.75) is 34.6 Å². The molecule has 4 aromatic carbocycles. The maximum Gasteiger partial charge on any atom is 0.151 e. The smallest absolute Gasteiger partial charge is 0.151 e. The third-order valence-corrected chi connectivity index (χ3v) is 6.52. The number of phenols is 3. The Balaban J connectivity index is 1.97. The highest BCUT2D eigenvalue weighted by Crippen LogP contribution is 2.46. The molecule has 0 bridgehead atoms. The second-order valence-electron chi connectivity index (χ2n) is 8.51. The highest BCUT2D eigenvalue weighted by Gasteiger charge is 2.23. The van der Waals surface area contributed by atoms with Crippen LogP contribution in [0.5, 0.6) is 28.7 Å². The van der Waals surface area contributed by atoms with E-state index in [0.717, 1.165) is 39.3 Å². The molecular weight excluding hydrogens is 426 g/mol. The summed E-state index contributed by atoms with van der Waals surface area (Å²) in [6, 6.07) is 20.0. The molecule has 0 amide bonds. The van der Waals surface area contributed by atoms with Crippen molar-refractivity contribution >= 4 is 17.1 Å². The first kappa shape index (κ1) is 23.1. The van der Waals surface area contributed by atoms with Gasteiger partial charge < -0.3 is 25.0 Å². The topological polar surface area (TPSA) is 73.2 Å². The molecule has 5 nitrogen and oxygen atoms in total. The van der Waals surface area contributed by atoms with Crippen LogP contribution in [0, 0.1) is 34.6 Å². The maximum absolute atomic E-state index is 10.3. The molecule has 0 heterocycles. The summed E-state index contributed by atoms with van der Waals surface area (Å²) in [5.74, 6) is 1.80. The molecule has 4 rings (SSSR count). The van der Waals surface area contributed by atoms with Crippen LogP contribution in [0.4, 0.5) is 17.1 Å². The Bertz CT molecular complexity index is 1320. The largest absolute Gasteiger partial charge is 0.508 e. The van der Waals surface area contributed by atoms with Crippen molar-refractivity contribution < 1.29 is 20.1 Å². The lowest BCUT2D eigenvalue weighted by Crippen LogP contribution is -2.14. The summed E-state index contributed by atoms with van der Waals surface area (Å²) >= 11 is 0. The molecule has 0 radical (unpaired) electrons. The Morgan fingerprint density at radius 3 is 1.56 bits per heavy atom. The normalized spacial score (nSPS) is 10.9. The molecule has 0 saturated heterocycles. The third kappa shape index (κ3) is 4.01. The molecule has 0 atom stereocenters. The zero-order valence-corrected chi connectivity index (χ0v) is 20.0. The number of benzene rings is 4. The number of anilines is 3. The van der Waals surface area contributed by atoms with E-state index in [0.29, 0.717) is 17.1 Å². The number of nitrogens with zero attached hydrogens (tertiary/aromatic N) is 1. The molecule has 0 saturated carbocycles. The average molecular weight is 456 g/mol. The Labute approximate surface area is 200 Å². The van der Waals surface area contributed by atoms with E-state index < -0.39 is 0 Å². The highest BCUT2D eigenvalue weighted by molar-refractivity contribution is 5.85. The molecule has 0 fully saturated rings. The van der Waals surface area contributed by atoms with Crippen LogP contribution in [0.1, 0.15) is 27.8 Å². The number of ether oxygens (including phenoxy) is 1. The summed E-state index contributed by atoms with van der Waals surface area (Å²) in [5, 5.41) is 30.7. The first-order chi connectivity index (χ1) is 16.2. The Kier molecular flexibility index (Phi) is 6.12. The lowest BCUT2D eigenvalue weighted by molar-refractivity contribution is 0.448. The molecule has 0 aliphatic heterocycles. The van der Waals surface area contributed by atoms with E-state index in [2.05, 4.69) is 4.90 Å². The number of hydrogen-bond donors (Lipinski definition) is 3. The van der Waals surface area contributed by atoms with Crippen LogP contribution < -0.4 is 9.64 Å². The molecule has 5 heteroatoms. The van der Waals surface area contributed by atoms with Gasteiger partial charge in [-0.2, -0.15) is 0 Å². The lowest BCUT2D eigenvalue weighted by atomic mass is 10.0. The quantitative estimate of drug-likeness (QED) is 0.289. The predicted octanol–water partition coefficient (Wildman–Crippen LogP) is 7.61. The standard InChI is InChI=1S/C29H29NO4/c1-17-19(3)26(32)15-13-22(17)30(23-14-16-27(33)20(4)18(23)2)24-9-6-7-11-29(24)34-28-12-8-10-25(31)21(28)5/h6-16,31-33H,1-5H3. The zero-order valence-electron chi connectivity index (χ0n) is 20.0. The monoisotopic (exact) mass is 455 g/mol. The Hall–Kier alpha value is -4.12. The minimum atomic E-state index is 0.168. The summed E-state index contributed by atoms with van der Waals surface area (Å²) in [4.78, 5) is 2.08.